The Morgan fingerprint density at radius 2 is 2.23 bits per heavy atom. The van der Waals surface area contributed by atoms with Crippen LogP contribution in [0.5, 0.6) is 0 Å². The molecule has 1 aliphatic carbocycles. The highest BCUT2D eigenvalue weighted by molar-refractivity contribution is 7.16. The number of cyclic esters (lactones) is 1. The van der Waals surface area contributed by atoms with Gasteiger partial charge in [-0.3, -0.25) is 4.79 Å². The second-order valence-corrected chi connectivity index (χ2v) is 8.01. The SMILES string of the molecule is C[C@H]1CCc2c(sc(NC(=O)C[C@H]3OC(=O)c4ccccc43)c2C#N)C1. The van der Waals surface area contributed by atoms with E-state index in [0.29, 0.717) is 22.0 Å². The van der Waals surface area contributed by atoms with E-state index in [1.54, 1.807) is 12.1 Å². The van der Waals surface area contributed by atoms with Gasteiger partial charge in [-0.2, -0.15) is 5.26 Å². The van der Waals surface area contributed by atoms with Gasteiger partial charge in [0.2, 0.25) is 5.91 Å². The number of thiophene rings is 1. The quantitative estimate of drug-likeness (QED) is 0.833. The molecular weight excluding hydrogens is 348 g/mol. The molecule has 0 bridgehead atoms. The molecule has 0 unspecified atom stereocenters. The average molecular weight is 366 g/mol. The van der Waals surface area contributed by atoms with E-state index in [0.717, 1.165) is 30.4 Å². The van der Waals surface area contributed by atoms with Gasteiger partial charge in [-0.05, 0) is 36.8 Å². The Labute approximate surface area is 155 Å². The number of nitrogens with one attached hydrogen (secondary N) is 1. The summed E-state index contributed by atoms with van der Waals surface area (Å²) in [5.41, 5.74) is 2.94. The number of nitrogens with zero attached hydrogens (tertiary/aromatic N) is 1. The zero-order valence-corrected chi connectivity index (χ0v) is 15.2. The maximum atomic E-state index is 12.5. The van der Waals surface area contributed by atoms with Crippen molar-refractivity contribution in [3.63, 3.8) is 0 Å². The van der Waals surface area contributed by atoms with Gasteiger partial charge in [0.25, 0.3) is 0 Å². The van der Waals surface area contributed by atoms with Gasteiger partial charge in [-0.25, -0.2) is 4.79 Å². The van der Waals surface area contributed by atoms with Gasteiger partial charge in [0.05, 0.1) is 17.5 Å². The summed E-state index contributed by atoms with van der Waals surface area (Å²) in [6.45, 7) is 2.21. The van der Waals surface area contributed by atoms with Crippen LogP contribution in [-0.4, -0.2) is 11.9 Å². The number of carbonyl (C=O) groups excluding carboxylic acids is 2. The zero-order chi connectivity index (χ0) is 18.3. The lowest BCUT2D eigenvalue weighted by Gasteiger charge is -2.17. The first kappa shape index (κ1) is 16.8. The number of benzene rings is 1. The summed E-state index contributed by atoms with van der Waals surface area (Å²) >= 11 is 1.50. The molecule has 2 aliphatic rings. The van der Waals surface area contributed by atoms with E-state index in [9.17, 15) is 14.9 Å². The Balaban J connectivity index is 1.52. The fourth-order valence-electron chi connectivity index (χ4n) is 3.67. The molecule has 1 aromatic carbocycles. The largest absolute Gasteiger partial charge is 0.453 e. The number of hydrogen-bond donors (Lipinski definition) is 1. The second-order valence-electron chi connectivity index (χ2n) is 6.90. The van der Waals surface area contributed by atoms with Crippen LogP contribution in [0.2, 0.25) is 0 Å². The molecule has 0 saturated carbocycles. The van der Waals surface area contributed by atoms with E-state index in [-0.39, 0.29) is 12.3 Å². The number of hydrogen-bond acceptors (Lipinski definition) is 5. The molecule has 0 saturated heterocycles. The van der Waals surface area contributed by atoms with E-state index in [4.69, 9.17) is 4.74 Å². The van der Waals surface area contributed by atoms with E-state index in [1.807, 2.05) is 12.1 Å². The fourth-order valence-corrected chi connectivity index (χ4v) is 5.05. The minimum absolute atomic E-state index is 0.0482. The van der Waals surface area contributed by atoms with Gasteiger partial charge in [0, 0.05) is 10.4 Å². The molecule has 5 nitrogen and oxygen atoms in total. The van der Waals surface area contributed by atoms with Crippen molar-refractivity contribution >= 4 is 28.2 Å². The molecule has 2 atom stereocenters. The van der Waals surface area contributed by atoms with Crippen LogP contribution in [0, 0.1) is 17.2 Å². The van der Waals surface area contributed by atoms with Crippen LogP contribution < -0.4 is 5.32 Å². The van der Waals surface area contributed by atoms with Gasteiger partial charge < -0.3 is 10.1 Å². The maximum absolute atomic E-state index is 12.5. The highest BCUT2D eigenvalue weighted by atomic mass is 32.1. The summed E-state index contributed by atoms with van der Waals surface area (Å²) in [6, 6.07) is 9.37. The number of anilines is 1. The van der Waals surface area contributed by atoms with Crippen molar-refractivity contribution in [3.8, 4) is 6.07 Å². The van der Waals surface area contributed by atoms with Crippen molar-refractivity contribution < 1.29 is 14.3 Å². The summed E-state index contributed by atoms with van der Waals surface area (Å²) in [4.78, 5) is 25.6. The molecule has 2 aromatic rings. The summed E-state index contributed by atoms with van der Waals surface area (Å²) < 4.78 is 5.33. The molecule has 26 heavy (non-hydrogen) atoms. The average Bonchev–Trinajstić information content (AvgIpc) is 3.12. The summed E-state index contributed by atoms with van der Waals surface area (Å²) in [6.07, 6.45) is 2.39. The number of rotatable bonds is 3. The first-order valence-corrected chi connectivity index (χ1v) is 9.53. The van der Waals surface area contributed by atoms with Gasteiger partial charge >= 0.3 is 5.97 Å². The molecule has 132 valence electrons. The predicted molar refractivity (Wildman–Crippen MR) is 98.1 cm³/mol. The first-order valence-electron chi connectivity index (χ1n) is 8.71. The maximum Gasteiger partial charge on any atom is 0.339 e. The van der Waals surface area contributed by atoms with Gasteiger partial charge in [-0.15, -0.1) is 11.3 Å². The molecule has 4 rings (SSSR count). The Morgan fingerprint density at radius 3 is 3.04 bits per heavy atom. The molecule has 2 heterocycles. The Morgan fingerprint density at radius 1 is 1.42 bits per heavy atom. The van der Waals surface area contributed by atoms with Crippen molar-refractivity contribution in [1.82, 2.24) is 0 Å². The third-order valence-electron chi connectivity index (χ3n) is 5.02. The molecule has 0 radical (unpaired) electrons. The molecular formula is C20H18N2O3S. The van der Waals surface area contributed by atoms with Crippen molar-refractivity contribution in [2.24, 2.45) is 5.92 Å². The third-order valence-corrected chi connectivity index (χ3v) is 6.19. The van der Waals surface area contributed by atoms with Crippen LogP contribution in [0.1, 0.15) is 57.8 Å². The van der Waals surface area contributed by atoms with E-state index in [2.05, 4.69) is 18.3 Å². The van der Waals surface area contributed by atoms with Crippen LogP contribution in [0.15, 0.2) is 24.3 Å². The Hall–Kier alpha value is -2.65. The smallest absolute Gasteiger partial charge is 0.339 e. The van der Waals surface area contributed by atoms with Crippen molar-refractivity contribution in [2.75, 3.05) is 5.32 Å². The van der Waals surface area contributed by atoms with E-state index in [1.165, 1.54) is 16.2 Å². The number of amides is 1. The first-order chi connectivity index (χ1) is 12.6. The summed E-state index contributed by atoms with van der Waals surface area (Å²) in [5, 5.41) is 13.0. The normalized spacial score (nSPS) is 20.7. The van der Waals surface area contributed by atoms with Crippen molar-refractivity contribution in [2.45, 2.75) is 38.7 Å². The number of ether oxygens (including phenoxy) is 1. The van der Waals surface area contributed by atoms with Crippen LogP contribution >= 0.6 is 11.3 Å². The molecule has 1 N–H and O–H groups in total. The number of esters is 1. The lowest BCUT2D eigenvalue weighted by Crippen LogP contribution is -2.15. The summed E-state index contributed by atoms with van der Waals surface area (Å²) in [7, 11) is 0. The molecule has 1 aliphatic heterocycles. The standard InChI is InChI=1S/C20H18N2O3S/c1-11-6-7-13-15(10-21)19(26-17(13)8-11)22-18(23)9-16-12-4-2-3-5-14(12)20(24)25-16/h2-5,11,16H,6-9H2,1H3,(H,22,23)/t11-,16+/m0/s1. The topological polar surface area (TPSA) is 79.2 Å². The zero-order valence-electron chi connectivity index (χ0n) is 14.4. The number of fused-ring (bicyclic) bond motifs is 2. The van der Waals surface area contributed by atoms with Crippen LogP contribution in [-0.2, 0) is 22.4 Å². The molecule has 0 fully saturated rings. The van der Waals surface area contributed by atoms with E-state index < -0.39 is 12.1 Å². The molecule has 1 aromatic heterocycles. The van der Waals surface area contributed by atoms with Crippen LogP contribution in [0.3, 0.4) is 0 Å². The van der Waals surface area contributed by atoms with Gasteiger partial charge in [0.1, 0.15) is 17.2 Å². The second kappa shape index (κ2) is 6.58. The molecule has 0 spiro atoms. The minimum Gasteiger partial charge on any atom is -0.453 e. The lowest BCUT2D eigenvalue weighted by molar-refractivity contribution is -0.118. The van der Waals surface area contributed by atoms with Crippen LogP contribution in [0.25, 0.3) is 0 Å². The van der Waals surface area contributed by atoms with E-state index >= 15 is 0 Å². The molecule has 6 heteroatoms. The monoisotopic (exact) mass is 366 g/mol. The number of carbonyl (C=O) groups is 2. The summed E-state index contributed by atoms with van der Waals surface area (Å²) in [5.74, 6) is -0.0371. The van der Waals surface area contributed by atoms with Gasteiger partial charge in [-0.1, -0.05) is 25.1 Å². The molecule has 1 amide bonds. The van der Waals surface area contributed by atoms with Crippen molar-refractivity contribution in [3.05, 3.63) is 51.4 Å². The van der Waals surface area contributed by atoms with Crippen LogP contribution in [0.4, 0.5) is 5.00 Å². The third kappa shape index (κ3) is 2.89. The number of nitriles is 1. The minimum atomic E-state index is -0.571. The highest BCUT2D eigenvalue weighted by Gasteiger charge is 2.32. The van der Waals surface area contributed by atoms with Gasteiger partial charge in [0.15, 0.2) is 0 Å². The Bertz CT molecular complexity index is 941. The Kier molecular flexibility index (Phi) is 4.25. The lowest BCUT2D eigenvalue weighted by atomic mass is 9.88. The highest BCUT2D eigenvalue weighted by Crippen LogP contribution is 2.40. The predicted octanol–water partition coefficient (Wildman–Crippen LogP) is 3.98. The van der Waals surface area contributed by atoms with Crippen molar-refractivity contribution in [1.29, 1.82) is 5.26 Å². The fraction of sp³-hybridized carbons (Fsp3) is 0.350.